The van der Waals surface area contributed by atoms with Crippen molar-refractivity contribution < 1.29 is 6.22 Å². The SMILES string of the molecule is CNC(=O)c1cc(N=C(N=CN)C(C)C)ncn1.[HH]. The van der Waals surface area contributed by atoms with E-state index in [4.69, 9.17) is 5.73 Å². The van der Waals surface area contributed by atoms with Gasteiger partial charge < -0.3 is 11.1 Å². The molecular formula is C11H18N6O. The quantitative estimate of drug-likeness (QED) is 0.610. The molecule has 0 aromatic carbocycles. The van der Waals surface area contributed by atoms with E-state index >= 15 is 0 Å². The molecule has 0 aliphatic heterocycles. The monoisotopic (exact) mass is 250 g/mol. The molecule has 1 amide bonds. The second kappa shape index (κ2) is 6.43. The first-order chi connectivity index (χ1) is 8.58. The first-order valence-electron chi connectivity index (χ1n) is 5.45. The third-order valence-electron chi connectivity index (χ3n) is 2.06. The van der Waals surface area contributed by atoms with E-state index in [1.54, 1.807) is 0 Å². The van der Waals surface area contributed by atoms with E-state index in [2.05, 4.69) is 25.3 Å². The molecule has 98 valence electrons. The number of nitrogens with one attached hydrogen (secondary N) is 1. The van der Waals surface area contributed by atoms with Crippen molar-refractivity contribution in [1.82, 2.24) is 15.3 Å². The molecule has 0 spiro atoms. The standard InChI is InChI=1S/C11H16N6O.H2/c1-7(2)10(14-5-12)17-9-4-8(11(18)13-3)15-6-16-9;/h4-7H,1-3H3,(H,13,18)(H2,12,14,15,16,17);1H. The lowest BCUT2D eigenvalue weighted by Gasteiger charge is -2.04. The average Bonchev–Trinajstić information content (AvgIpc) is 2.37. The predicted molar refractivity (Wildman–Crippen MR) is 72.1 cm³/mol. The highest BCUT2D eigenvalue weighted by atomic mass is 16.1. The van der Waals surface area contributed by atoms with Gasteiger partial charge in [-0.1, -0.05) is 13.8 Å². The molecule has 0 unspecified atom stereocenters. The van der Waals surface area contributed by atoms with E-state index in [0.717, 1.165) is 0 Å². The van der Waals surface area contributed by atoms with Gasteiger partial charge in [0.25, 0.3) is 5.91 Å². The van der Waals surface area contributed by atoms with Gasteiger partial charge in [0.15, 0.2) is 5.82 Å². The minimum absolute atomic E-state index is 0. The second-order valence-electron chi connectivity index (χ2n) is 3.74. The zero-order chi connectivity index (χ0) is 13.5. The Balaban J connectivity index is 0.00000324. The van der Waals surface area contributed by atoms with E-state index in [0.29, 0.717) is 11.7 Å². The molecule has 0 saturated heterocycles. The lowest BCUT2D eigenvalue weighted by Crippen LogP contribution is -2.19. The number of hydrogen-bond donors (Lipinski definition) is 2. The van der Waals surface area contributed by atoms with Gasteiger partial charge in [0, 0.05) is 20.5 Å². The molecule has 18 heavy (non-hydrogen) atoms. The van der Waals surface area contributed by atoms with Crippen LogP contribution in [0, 0.1) is 5.92 Å². The van der Waals surface area contributed by atoms with Gasteiger partial charge in [-0.3, -0.25) is 4.79 Å². The summed E-state index contributed by atoms with van der Waals surface area (Å²) in [5.74, 6) is 0.724. The molecule has 1 aromatic heterocycles. The van der Waals surface area contributed by atoms with Gasteiger partial charge in [0.05, 0.1) is 6.34 Å². The summed E-state index contributed by atoms with van der Waals surface area (Å²) in [5.41, 5.74) is 5.51. The summed E-state index contributed by atoms with van der Waals surface area (Å²) in [7, 11) is 1.53. The Kier molecular flexibility index (Phi) is 4.91. The number of nitrogens with zero attached hydrogens (tertiary/aromatic N) is 4. The summed E-state index contributed by atoms with van der Waals surface area (Å²) < 4.78 is 0. The smallest absolute Gasteiger partial charge is 0.269 e. The number of amidine groups is 1. The Morgan fingerprint density at radius 2 is 2.28 bits per heavy atom. The van der Waals surface area contributed by atoms with Crippen molar-refractivity contribution in [2.45, 2.75) is 13.8 Å². The van der Waals surface area contributed by atoms with Crippen molar-refractivity contribution in [1.29, 1.82) is 0 Å². The van der Waals surface area contributed by atoms with Gasteiger partial charge in [-0.05, 0) is 0 Å². The maximum absolute atomic E-state index is 11.4. The number of carbonyl (C=O) groups is 1. The maximum Gasteiger partial charge on any atom is 0.269 e. The van der Waals surface area contributed by atoms with Gasteiger partial charge >= 0.3 is 0 Å². The fraction of sp³-hybridized carbons (Fsp3) is 0.364. The minimum atomic E-state index is -0.290. The second-order valence-corrected chi connectivity index (χ2v) is 3.74. The van der Waals surface area contributed by atoms with E-state index in [1.165, 1.54) is 25.8 Å². The van der Waals surface area contributed by atoms with Crippen LogP contribution < -0.4 is 11.1 Å². The Bertz CT molecular complexity index is 486. The number of aliphatic imine (C=N–C) groups is 2. The minimum Gasteiger partial charge on any atom is -0.390 e. The zero-order valence-electron chi connectivity index (χ0n) is 10.6. The highest BCUT2D eigenvalue weighted by Gasteiger charge is 2.08. The lowest BCUT2D eigenvalue weighted by molar-refractivity contribution is 0.0958. The van der Waals surface area contributed by atoms with Crippen LogP contribution >= 0.6 is 0 Å². The summed E-state index contributed by atoms with van der Waals surface area (Å²) in [6.45, 7) is 3.87. The fourth-order valence-corrected chi connectivity index (χ4v) is 1.16. The highest BCUT2D eigenvalue weighted by Crippen LogP contribution is 2.11. The van der Waals surface area contributed by atoms with Gasteiger partial charge in [-0.15, -0.1) is 0 Å². The van der Waals surface area contributed by atoms with Crippen molar-refractivity contribution in [3.8, 4) is 0 Å². The maximum atomic E-state index is 11.4. The molecule has 1 aromatic rings. The van der Waals surface area contributed by atoms with Crippen LogP contribution in [0.15, 0.2) is 22.4 Å². The molecule has 0 aliphatic rings. The normalized spacial score (nSPS) is 12.1. The summed E-state index contributed by atoms with van der Waals surface area (Å²) in [5, 5.41) is 2.48. The van der Waals surface area contributed by atoms with Crippen LogP contribution in [0.25, 0.3) is 0 Å². The predicted octanol–water partition coefficient (Wildman–Crippen LogP) is 0.755. The topological polar surface area (TPSA) is 106 Å². The van der Waals surface area contributed by atoms with Crippen molar-refractivity contribution in [2.24, 2.45) is 21.6 Å². The summed E-state index contributed by atoms with van der Waals surface area (Å²) in [6, 6.07) is 1.49. The van der Waals surface area contributed by atoms with Crippen molar-refractivity contribution in [2.75, 3.05) is 7.05 Å². The third-order valence-corrected chi connectivity index (χ3v) is 2.06. The molecule has 0 aliphatic carbocycles. The number of nitrogens with two attached hydrogens (primary N) is 1. The van der Waals surface area contributed by atoms with Crippen molar-refractivity contribution in [3.63, 3.8) is 0 Å². The van der Waals surface area contributed by atoms with Crippen LogP contribution in [0.1, 0.15) is 25.8 Å². The molecule has 0 atom stereocenters. The van der Waals surface area contributed by atoms with E-state index in [9.17, 15) is 4.79 Å². The zero-order valence-corrected chi connectivity index (χ0v) is 10.6. The summed E-state index contributed by atoms with van der Waals surface area (Å²) in [6.07, 6.45) is 2.47. The Labute approximate surface area is 107 Å². The number of rotatable bonds is 3. The molecule has 7 nitrogen and oxygen atoms in total. The Morgan fingerprint density at radius 3 is 2.83 bits per heavy atom. The van der Waals surface area contributed by atoms with E-state index in [-0.39, 0.29) is 18.9 Å². The van der Waals surface area contributed by atoms with E-state index < -0.39 is 0 Å². The molecule has 1 rings (SSSR count). The van der Waals surface area contributed by atoms with Crippen LogP contribution in [0.5, 0.6) is 0 Å². The number of hydrogen-bond acceptors (Lipinski definition) is 4. The fourth-order valence-electron chi connectivity index (χ4n) is 1.16. The molecule has 0 saturated carbocycles. The number of aromatic nitrogens is 2. The molecule has 0 fully saturated rings. The average molecular weight is 250 g/mol. The summed E-state index contributed by atoms with van der Waals surface area (Å²) in [4.78, 5) is 27.4. The molecule has 1 heterocycles. The van der Waals surface area contributed by atoms with E-state index in [1.807, 2.05) is 13.8 Å². The first-order valence-corrected chi connectivity index (χ1v) is 5.45. The molecule has 7 heteroatoms. The number of carbonyl (C=O) groups excluding carboxylic acids is 1. The molecular weight excluding hydrogens is 232 g/mol. The van der Waals surface area contributed by atoms with Crippen LogP contribution in [-0.4, -0.2) is 35.1 Å². The van der Waals surface area contributed by atoms with Gasteiger partial charge in [-0.25, -0.2) is 20.0 Å². The molecule has 3 N–H and O–H groups in total. The van der Waals surface area contributed by atoms with Crippen molar-refractivity contribution >= 4 is 23.9 Å². The Hall–Kier alpha value is -2.31. The largest absolute Gasteiger partial charge is 0.390 e. The van der Waals surface area contributed by atoms with Gasteiger partial charge in [0.2, 0.25) is 0 Å². The lowest BCUT2D eigenvalue weighted by atomic mass is 10.2. The van der Waals surface area contributed by atoms with Crippen LogP contribution in [0.4, 0.5) is 5.82 Å². The number of amides is 1. The first kappa shape index (κ1) is 13.8. The highest BCUT2D eigenvalue weighted by molar-refractivity contribution is 5.94. The van der Waals surface area contributed by atoms with Crippen LogP contribution in [0.2, 0.25) is 0 Å². The third kappa shape index (κ3) is 3.62. The molecule has 0 bridgehead atoms. The summed E-state index contributed by atoms with van der Waals surface area (Å²) >= 11 is 0. The van der Waals surface area contributed by atoms with Crippen LogP contribution in [0.3, 0.4) is 0 Å². The Morgan fingerprint density at radius 1 is 1.56 bits per heavy atom. The van der Waals surface area contributed by atoms with Crippen LogP contribution in [-0.2, 0) is 0 Å². The molecule has 0 radical (unpaired) electrons. The van der Waals surface area contributed by atoms with Gasteiger partial charge in [0.1, 0.15) is 17.9 Å². The van der Waals surface area contributed by atoms with Gasteiger partial charge in [-0.2, -0.15) is 0 Å². The van der Waals surface area contributed by atoms with Crippen molar-refractivity contribution in [3.05, 3.63) is 18.1 Å².